The Bertz CT molecular complexity index is 363. The maximum absolute atomic E-state index is 6.26. The Morgan fingerprint density at radius 1 is 1.44 bits per heavy atom. The fourth-order valence-electron chi connectivity index (χ4n) is 3.09. The summed E-state index contributed by atoms with van der Waals surface area (Å²) in [5.41, 5.74) is 1.45. The zero-order valence-corrected chi connectivity index (χ0v) is 10.6. The molecule has 2 aliphatic rings. The van der Waals surface area contributed by atoms with Crippen molar-refractivity contribution in [1.29, 1.82) is 0 Å². The highest BCUT2D eigenvalue weighted by Crippen LogP contribution is 2.46. The van der Waals surface area contributed by atoms with E-state index in [0.29, 0.717) is 12.0 Å². The molecule has 3 rings (SSSR count). The van der Waals surface area contributed by atoms with Crippen LogP contribution in [0.25, 0.3) is 0 Å². The van der Waals surface area contributed by atoms with Crippen molar-refractivity contribution in [2.45, 2.75) is 43.8 Å². The summed E-state index contributed by atoms with van der Waals surface area (Å²) in [4.78, 5) is 1.61. The van der Waals surface area contributed by atoms with Crippen molar-refractivity contribution in [3.05, 3.63) is 21.9 Å². The molecule has 2 nitrogen and oxygen atoms in total. The maximum atomic E-state index is 6.26. The molecule has 0 amide bonds. The van der Waals surface area contributed by atoms with E-state index in [1.54, 1.807) is 4.88 Å². The SMILES string of the molecule is CNCC1OC2CCCCC2c2sccc21. The highest BCUT2D eigenvalue weighted by molar-refractivity contribution is 7.10. The molecule has 2 heterocycles. The molecule has 0 aromatic carbocycles. The van der Waals surface area contributed by atoms with Gasteiger partial charge in [-0.1, -0.05) is 12.8 Å². The zero-order chi connectivity index (χ0) is 11.0. The summed E-state index contributed by atoms with van der Waals surface area (Å²) in [7, 11) is 2.00. The normalized spacial score (nSPS) is 33.2. The average molecular weight is 237 g/mol. The van der Waals surface area contributed by atoms with Gasteiger partial charge < -0.3 is 10.1 Å². The molecular formula is C13H19NOS. The van der Waals surface area contributed by atoms with E-state index >= 15 is 0 Å². The van der Waals surface area contributed by atoms with E-state index in [4.69, 9.17) is 4.74 Å². The molecule has 0 radical (unpaired) electrons. The highest BCUT2D eigenvalue weighted by Gasteiger charge is 2.37. The number of hydrogen-bond donors (Lipinski definition) is 1. The van der Waals surface area contributed by atoms with Crippen LogP contribution in [0.4, 0.5) is 0 Å². The number of rotatable bonds is 2. The van der Waals surface area contributed by atoms with Crippen LogP contribution in [0.2, 0.25) is 0 Å². The molecule has 88 valence electrons. The van der Waals surface area contributed by atoms with Gasteiger partial charge in [-0.15, -0.1) is 11.3 Å². The van der Waals surface area contributed by atoms with E-state index < -0.39 is 0 Å². The van der Waals surface area contributed by atoms with Crippen molar-refractivity contribution < 1.29 is 4.74 Å². The standard InChI is InChI=1S/C13H19NOS/c1-14-8-12-10-6-7-16-13(10)9-4-2-3-5-11(9)15-12/h6-7,9,11-12,14H,2-5,8H2,1H3. The second-order valence-electron chi connectivity index (χ2n) is 4.85. The third-order valence-electron chi connectivity index (χ3n) is 3.84. The summed E-state index contributed by atoms with van der Waals surface area (Å²) in [6.45, 7) is 0.937. The van der Waals surface area contributed by atoms with Crippen LogP contribution in [0.1, 0.15) is 48.1 Å². The van der Waals surface area contributed by atoms with Crippen LogP contribution >= 0.6 is 11.3 Å². The smallest absolute Gasteiger partial charge is 0.0963 e. The number of nitrogens with one attached hydrogen (secondary N) is 1. The van der Waals surface area contributed by atoms with Crippen LogP contribution in [-0.2, 0) is 4.74 Å². The number of thiophene rings is 1. The summed E-state index contributed by atoms with van der Waals surface area (Å²) in [5, 5.41) is 5.47. The van der Waals surface area contributed by atoms with E-state index in [0.717, 1.165) is 6.54 Å². The fourth-order valence-corrected chi connectivity index (χ4v) is 4.23. The predicted molar refractivity (Wildman–Crippen MR) is 67.1 cm³/mol. The van der Waals surface area contributed by atoms with Crippen LogP contribution in [0.5, 0.6) is 0 Å². The highest BCUT2D eigenvalue weighted by atomic mass is 32.1. The minimum absolute atomic E-state index is 0.283. The van der Waals surface area contributed by atoms with Crippen molar-refractivity contribution in [2.75, 3.05) is 13.6 Å². The van der Waals surface area contributed by atoms with Crippen molar-refractivity contribution in [3.63, 3.8) is 0 Å². The molecule has 3 heteroatoms. The van der Waals surface area contributed by atoms with Crippen molar-refractivity contribution in [3.8, 4) is 0 Å². The minimum Gasteiger partial charge on any atom is -0.368 e. The second-order valence-corrected chi connectivity index (χ2v) is 5.80. The van der Waals surface area contributed by atoms with Gasteiger partial charge in [0.2, 0.25) is 0 Å². The quantitative estimate of drug-likeness (QED) is 0.853. The first-order valence-corrected chi connectivity index (χ1v) is 7.15. The Morgan fingerprint density at radius 2 is 2.31 bits per heavy atom. The van der Waals surface area contributed by atoms with Crippen LogP contribution in [0, 0.1) is 0 Å². The van der Waals surface area contributed by atoms with Crippen molar-refractivity contribution in [2.24, 2.45) is 0 Å². The molecule has 1 aliphatic heterocycles. The molecule has 1 saturated carbocycles. The molecule has 3 atom stereocenters. The maximum Gasteiger partial charge on any atom is 0.0963 e. The summed E-state index contributed by atoms with van der Waals surface area (Å²) >= 11 is 1.93. The molecule has 0 saturated heterocycles. The van der Waals surface area contributed by atoms with Gasteiger partial charge in [-0.25, -0.2) is 0 Å². The Kier molecular flexibility index (Phi) is 3.01. The number of likely N-dealkylation sites (N-methyl/N-ethyl adjacent to an activating group) is 1. The lowest BCUT2D eigenvalue weighted by Crippen LogP contribution is -2.35. The Labute approximate surface area is 101 Å². The van der Waals surface area contributed by atoms with E-state index in [1.165, 1.54) is 31.2 Å². The summed E-state index contributed by atoms with van der Waals surface area (Å²) in [6, 6.07) is 2.26. The first kappa shape index (κ1) is 10.8. The topological polar surface area (TPSA) is 21.3 Å². The molecule has 1 aromatic rings. The molecule has 1 aromatic heterocycles. The molecule has 3 unspecified atom stereocenters. The lowest BCUT2D eigenvalue weighted by molar-refractivity contribution is -0.0541. The third kappa shape index (κ3) is 1.71. The zero-order valence-electron chi connectivity index (χ0n) is 9.74. The average Bonchev–Trinajstić information content (AvgIpc) is 2.79. The van der Waals surface area contributed by atoms with E-state index in [-0.39, 0.29) is 6.10 Å². The van der Waals surface area contributed by atoms with Crippen LogP contribution in [-0.4, -0.2) is 19.7 Å². The monoisotopic (exact) mass is 237 g/mol. The van der Waals surface area contributed by atoms with Crippen LogP contribution in [0.3, 0.4) is 0 Å². The number of hydrogen-bond acceptors (Lipinski definition) is 3. The van der Waals surface area contributed by atoms with Crippen LogP contribution < -0.4 is 5.32 Å². The Hall–Kier alpha value is -0.380. The fraction of sp³-hybridized carbons (Fsp3) is 0.692. The Morgan fingerprint density at radius 3 is 3.19 bits per heavy atom. The molecule has 0 spiro atoms. The largest absolute Gasteiger partial charge is 0.368 e. The molecule has 1 aliphatic carbocycles. The molecule has 1 fully saturated rings. The second kappa shape index (κ2) is 4.47. The van der Waals surface area contributed by atoms with E-state index in [2.05, 4.69) is 16.8 Å². The number of ether oxygens (including phenoxy) is 1. The van der Waals surface area contributed by atoms with Crippen molar-refractivity contribution in [1.82, 2.24) is 5.32 Å². The minimum atomic E-state index is 0.283. The number of fused-ring (bicyclic) bond motifs is 3. The lowest BCUT2D eigenvalue weighted by atomic mass is 9.81. The molecular weight excluding hydrogens is 218 g/mol. The van der Waals surface area contributed by atoms with Gasteiger partial charge in [0.05, 0.1) is 12.2 Å². The summed E-state index contributed by atoms with van der Waals surface area (Å²) < 4.78 is 6.26. The van der Waals surface area contributed by atoms with Gasteiger partial charge in [-0.05, 0) is 36.9 Å². The Balaban J connectivity index is 1.92. The van der Waals surface area contributed by atoms with Gasteiger partial charge in [0.15, 0.2) is 0 Å². The van der Waals surface area contributed by atoms with Crippen molar-refractivity contribution >= 4 is 11.3 Å². The van der Waals surface area contributed by atoms with Crippen LogP contribution in [0.15, 0.2) is 11.4 Å². The van der Waals surface area contributed by atoms with E-state index in [9.17, 15) is 0 Å². The lowest BCUT2D eigenvalue weighted by Gasteiger charge is -2.39. The van der Waals surface area contributed by atoms with Gasteiger partial charge in [0, 0.05) is 17.3 Å². The summed E-state index contributed by atoms with van der Waals surface area (Å²) in [6.07, 6.45) is 6.06. The molecule has 0 bridgehead atoms. The van der Waals surface area contributed by atoms with Gasteiger partial charge in [-0.2, -0.15) is 0 Å². The van der Waals surface area contributed by atoms with Gasteiger partial charge >= 0.3 is 0 Å². The third-order valence-corrected chi connectivity index (χ3v) is 4.91. The van der Waals surface area contributed by atoms with Gasteiger partial charge in [0.1, 0.15) is 0 Å². The summed E-state index contributed by atoms with van der Waals surface area (Å²) in [5.74, 6) is 0.692. The van der Waals surface area contributed by atoms with Gasteiger partial charge in [0.25, 0.3) is 0 Å². The first-order chi connectivity index (χ1) is 7.90. The predicted octanol–water partition coefficient (Wildman–Crippen LogP) is 3.07. The molecule has 16 heavy (non-hydrogen) atoms. The van der Waals surface area contributed by atoms with E-state index in [1.807, 2.05) is 18.4 Å². The molecule has 1 N–H and O–H groups in total. The van der Waals surface area contributed by atoms with Gasteiger partial charge in [-0.3, -0.25) is 0 Å². The first-order valence-electron chi connectivity index (χ1n) is 6.27.